The van der Waals surface area contributed by atoms with Crippen molar-refractivity contribution in [1.29, 1.82) is 0 Å². The van der Waals surface area contributed by atoms with Crippen molar-refractivity contribution in [3.8, 4) is 0 Å². The molecule has 2 atom stereocenters. The van der Waals surface area contributed by atoms with Crippen molar-refractivity contribution in [2.24, 2.45) is 0 Å². The van der Waals surface area contributed by atoms with Gasteiger partial charge in [0, 0.05) is 6.61 Å². The average Bonchev–Trinajstić information content (AvgIpc) is 2.93. The van der Waals surface area contributed by atoms with E-state index in [4.69, 9.17) is 9.26 Å². The standard InChI is InChI=1S/C19H37O5P.Na/c1-2-3-4-5-6-7-8-9-10-11-12-13-14-15-16-22-17-19-18-23-25(20,21)24-19;/h7-8,19H,2-6,9-18H2,1H3,(H,20,21);/q;+1/p-1/b8-7+;. The molecule has 5 nitrogen and oxygen atoms in total. The number of ether oxygens (including phenoxy) is 1. The Kier molecular flexibility index (Phi) is 18.4. The summed E-state index contributed by atoms with van der Waals surface area (Å²) >= 11 is 0. The van der Waals surface area contributed by atoms with Gasteiger partial charge >= 0.3 is 29.6 Å². The quantitative estimate of drug-likeness (QED) is 0.172. The van der Waals surface area contributed by atoms with Crippen molar-refractivity contribution < 1.29 is 52.8 Å². The Labute approximate surface area is 182 Å². The Morgan fingerprint density at radius 1 is 1.00 bits per heavy atom. The van der Waals surface area contributed by atoms with Crippen LogP contribution in [0.25, 0.3) is 0 Å². The van der Waals surface area contributed by atoms with E-state index in [0.29, 0.717) is 6.61 Å². The van der Waals surface area contributed by atoms with Crippen LogP contribution >= 0.6 is 7.82 Å². The maximum Gasteiger partial charge on any atom is 1.00 e. The van der Waals surface area contributed by atoms with Crippen LogP contribution in [0, 0.1) is 0 Å². The molecule has 0 aromatic rings. The number of phosphoric ester groups is 1. The first-order valence-electron chi connectivity index (χ1n) is 10.0. The molecule has 148 valence electrons. The summed E-state index contributed by atoms with van der Waals surface area (Å²) < 4.78 is 25.6. The van der Waals surface area contributed by atoms with E-state index in [1.807, 2.05) is 0 Å². The molecule has 1 aliphatic heterocycles. The van der Waals surface area contributed by atoms with Crippen LogP contribution in [0.1, 0.15) is 84.0 Å². The van der Waals surface area contributed by atoms with Crippen LogP contribution in [0.5, 0.6) is 0 Å². The molecule has 0 aromatic heterocycles. The molecule has 1 heterocycles. The minimum absolute atomic E-state index is 0. The third-order valence-electron chi connectivity index (χ3n) is 4.30. The van der Waals surface area contributed by atoms with Gasteiger partial charge < -0.3 is 18.7 Å². The van der Waals surface area contributed by atoms with Gasteiger partial charge in [0.15, 0.2) is 0 Å². The Hall–Kier alpha value is 0.810. The van der Waals surface area contributed by atoms with Crippen LogP contribution in [-0.4, -0.2) is 25.9 Å². The largest absolute Gasteiger partial charge is 1.00 e. The first-order valence-corrected chi connectivity index (χ1v) is 11.5. The summed E-state index contributed by atoms with van der Waals surface area (Å²) in [5.74, 6) is 0. The van der Waals surface area contributed by atoms with Crippen LogP contribution < -0.4 is 34.5 Å². The van der Waals surface area contributed by atoms with E-state index in [-0.39, 0.29) is 42.8 Å². The molecule has 0 saturated carbocycles. The fourth-order valence-corrected chi connectivity index (χ4v) is 3.71. The Morgan fingerprint density at radius 3 is 2.15 bits per heavy atom. The molecule has 0 bridgehead atoms. The molecule has 1 aliphatic rings. The zero-order chi connectivity index (χ0) is 18.2. The van der Waals surface area contributed by atoms with E-state index >= 15 is 0 Å². The molecule has 0 radical (unpaired) electrons. The Morgan fingerprint density at radius 2 is 1.58 bits per heavy atom. The van der Waals surface area contributed by atoms with Gasteiger partial charge in [-0.25, -0.2) is 0 Å². The fraction of sp³-hybridized carbons (Fsp3) is 0.895. The van der Waals surface area contributed by atoms with Crippen molar-refractivity contribution in [3.05, 3.63) is 12.2 Å². The molecule has 0 aromatic carbocycles. The molecule has 2 unspecified atom stereocenters. The minimum Gasteiger partial charge on any atom is -0.756 e. The second kappa shape index (κ2) is 17.9. The predicted molar refractivity (Wildman–Crippen MR) is 99.5 cm³/mol. The number of rotatable bonds is 16. The Bertz CT molecular complexity index is 392. The summed E-state index contributed by atoms with van der Waals surface area (Å²) in [5.41, 5.74) is 0. The topological polar surface area (TPSA) is 67.8 Å². The second-order valence-corrected chi connectivity index (χ2v) is 8.14. The van der Waals surface area contributed by atoms with Gasteiger partial charge in [-0.05, 0) is 32.1 Å². The number of hydrogen-bond donors (Lipinski definition) is 0. The van der Waals surface area contributed by atoms with Crippen molar-refractivity contribution in [2.45, 2.75) is 90.1 Å². The maximum atomic E-state index is 10.9. The van der Waals surface area contributed by atoms with Gasteiger partial charge in [0.1, 0.15) is 6.10 Å². The fourth-order valence-electron chi connectivity index (χ4n) is 2.81. The van der Waals surface area contributed by atoms with Gasteiger partial charge in [0.25, 0.3) is 7.82 Å². The molecular weight excluding hydrogens is 362 g/mol. The summed E-state index contributed by atoms with van der Waals surface area (Å²) in [7, 11) is -4.03. The van der Waals surface area contributed by atoms with Crippen LogP contribution in [0.3, 0.4) is 0 Å². The van der Waals surface area contributed by atoms with Gasteiger partial charge in [-0.1, -0.05) is 64.0 Å². The third kappa shape index (κ3) is 15.8. The van der Waals surface area contributed by atoms with Gasteiger partial charge in [-0.15, -0.1) is 0 Å². The molecule has 0 N–H and O–H groups in total. The van der Waals surface area contributed by atoms with Crippen molar-refractivity contribution in [2.75, 3.05) is 19.8 Å². The van der Waals surface area contributed by atoms with Crippen molar-refractivity contribution in [3.63, 3.8) is 0 Å². The van der Waals surface area contributed by atoms with E-state index in [9.17, 15) is 9.46 Å². The van der Waals surface area contributed by atoms with Crippen molar-refractivity contribution >= 4 is 7.82 Å². The first-order chi connectivity index (χ1) is 12.1. The minimum atomic E-state index is -4.03. The van der Waals surface area contributed by atoms with Gasteiger partial charge in [0.05, 0.1) is 13.2 Å². The summed E-state index contributed by atoms with van der Waals surface area (Å²) in [6, 6.07) is 0. The summed E-state index contributed by atoms with van der Waals surface area (Å²) in [4.78, 5) is 10.9. The SMILES string of the molecule is CCCCCC/C=C/CCCCCCCCOCC1COP(=O)([O-])O1.[Na+]. The van der Waals surface area contributed by atoms with Gasteiger partial charge in [-0.2, -0.15) is 0 Å². The van der Waals surface area contributed by atoms with Crippen LogP contribution in [0.4, 0.5) is 0 Å². The van der Waals surface area contributed by atoms with Gasteiger partial charge in [0.2, 0.25) is 0 Å². The van der Waals surface area contributed by atoms with E-state index in [1.54, 1.807) is 0 Å². The number of allylic oxidation sites excluding steroid dienone is 2. The van der Waals surface area contributed by atoms with E-state index in [1.165, 1.54) is 64.2 Å². The average molecular weight is 398 g/mol. The zero-order valence-electron chi connectivity index (χ0n) is 16.8. The van der Waals surface area contributed by atoms with E-state index in [2.05, 4.69) is 23.6 Å². The van der Waals surface area contributed by atoms with E-state index in [0.717, 1.165) is 12.8 Å². The first kappa shape index (κ1) is 26.8. The maximum absolute atomic E-state index is 10.9. The van der Waals surface area contributed by atoms with Crippen molar-refractivity contribution in [1.82, 2.24) is 0 Å². The summed E-state index contributed by atoms with van der Waals surface area (Å²) in [6.07, 6.45) is 19.3. The predicted octanol–water partition coefficient (Wildman–Crippen LogP) is 2.15. The summed E-state index contributed by atoms with van der Waals surface area (Å²) in [5, 5.41) is 0. The summed E-state index contributed by atoms with van der Waals surface area (Å²) in [6.45, 7) is 3.27. The molecular formula is C19H36NaO5P. The molecule has 1 rings (SSSR count). The molecule has 0 spiro atoms. The van der Waals surface area contributed by atoms with Gasteiger partial charge in [-0.3, -0.25) is 4.57 Å². The third-order valence-corrected chi connectivity index (χ3v) is 5.32. The van der Waals surface area contributed by atoms with Crippen LogP contribution in [0.15, 0.2) is 12.2 Å². The van der Waals surface area contributed by atoms with Crippen LogP contribution in [0.2, 0.25) is 0 Å². The second-order valence-electron chi connectivity index (χ2n) is 6.78. The smallest absolute Gasteiger partial charge is 0.756 e. The van der Waals surface area contributed by atoms with E-state index < -0.39 is 13.9 Å². The molecule has 0 amide bonds. The number of unbranched alkanes of at least 4 members (excludes halogenated alkanes) is 10. The molecule has 1 fully saturated rings. The normalized spacial score (nSPS) is 22.8. The molecule has 1 saturated heterocycles. The monoisotopic (exact) mass is 398 g/mol. The molecule has 26 heavy (non-hydrogen) atoms. The van der Waals surface area contributed by atoms with Crippen LogP contribution in [-0.2, 0) is 18.3 Å². The Balaban J connectivity index is 0.00000625. The molecule has 7 heteroatoms. The molecule has 0 aliphatic carbocycles. The number of phosphoric acid groups is 1. The number of hydrogen-bond acceptors (Lipinski definition) is 5. The zero-order valence-corrected chi connectivity index (χ0v) is 19.7.